The number of hydrogen-bond acceptors (Lipinski definition) is 0. The number of hydrogen-bond donors (Lipinski definition) is 0. The molecule has 0 spiro atoms. The highest BCUT2D eigenvalue weighted by atomic mass is 19.4. The van der Waals surface area contributed by atoms with E-state index in [-0.39, 0.29) is 22.5 Å². The summed E-state index contributed by atoms with van der Waals surface area (Å²) in [5, 5.41) is 2.99. The van der Waals surface area contributed by atoms with Gasteiger partial charge in [0.1, 0.15) is 0 Å². The van der Waals surface area contributed by atoms with Gasteiger partial charge in [-0.2, -0.15) is 26.3 Å². The lowest BCUT2D eigenvalue weighted by Gasteiger charge is -2.22. The van der Waals surface area contributed by atoms with E-state index in [0.717, 1.165) is 107 Å². The van der Waals surface area contributed by atoms with Crippen LogP contribution in [0, 0.1) is 27.7 Å². The molecule has 0 aliphatic rings. The average molecular weight is 981 g/mol. The highest BCUT2D eigenvalue weighted by molar-refractivity contribution is 6.14. The zero-order valence-corrected chi connectivity index (χ0v) is 40.8. The highest BCUT2D eigenvalue weighted by Crippen LogP contribution is 2.47. The second-order valence-corrected chi connectivity index (χ2v) is 19.5. The lowest BCUT2D eigenvalue weighted by Crippen LogP contribution is -2.13. The Labute approximate surface area is 424 Å². The lowest BCUT2D eigenvalue weighted by molar-refractivity contribution is -0.138. The first-order valence-corrected chi connectivity index (χ1v) is 24.4. The maximum Gasteiger partial charge on any atom is 0.418 e. The second-order valence-electron chi connectivity index (χ2n) is 19.5. The fourth-order valence-electron chi connectivity index (χ4n) is 10.5. The molecular weight excluding hydrogens is 935 g/mol. The zero-order chi connectivity index (χ0) is 51.2. The summed E-state index contributed by atoms with van der Waals surface area (Å²) in [7, 11) is 0. The molecule has 0 radical (unpaired) electrons. The second kappa shape index (κ2) is 17.6. The van der Waals surface area contributed by atoms with Gasteiger partial charge in [0.2, 0.25) is 0 Å². The van der Waals surface area contributed by atoms with E-state index < -0.39 is 23.5 Å². The minimum Gasteiger partial charge on any atom is -0.309 e. The topological polar surface area (TPSA) is 9.86 Å². The summed E-state index contributed by atoms with van der Waals surface area (Å²) in [6.07, 6.45) is -9.66. The number of aromatic nitrogens is 2. The molecule has 2 heterocycles. The van der Waals surface area contributed by atoms with Crippen LogP contribution in [-0.4, -0.2) is 9.13 Å². The van der Waals surface area contributed by atoms with Crippen LogP contribution in [0.2, 0.25) is 0 Å². The third kappa shape index (κ3) is 8.20. The monoisotopic (exact) mass is 980 g/mol. The Morgan fingerprint density at radius 3 is 0.932 bits per heavy atom. The summed E-state index contributed by atoms with van der Waals surface area (Å²) in [5.74, 6) is 0. The van der Waals surface area contributed by atoms with Crippen LogP contribution in [0.4, 0.5) is 26.3 Å². The first-order chi connectivity index (χ1) is 35.6. The van der Waals surface area contributed by atoms with Gasteiger partial charge in [-0.3, -0.25) is 0 Å². The number of nitrogens with zero attached hydrogens (tertiary/aromatic N) is 2. The molecule has 0 unspecified atom stereocenters. The van der Waals surface area contributed by atoms with Crippen LogP contribution >= 0.6 is 0 Å². The fraction of sp³-hybridized carbons (Fsp3) is 0.0909. The van der Waals surface area contributed by atoms with E-state index in [1.54, 1.807) is 9.13 Å². The number of rotatable bonds is 7. The van der Waals surface area contributed by atoms with E-state index in [0.29, 0.717) is 22.1 Å². The maximum atomic E-state index is 16.4. The molecule has 0 aliphatic carbocycles. The molecule has 2 nitrogen and oxygen atoms in total. The SMILES string of the molecule is Cc1ccc(-c2ccc3c(c2)c2cc(-c4ccc(C)cc4)ccc2n3-c2cc(C(F)(F)F)c(-n3c4ccc(-c5ccc(C)cc5)cc4c4cc(-c5ccc(C)cc5)ccc43)cc2-c2cccc(C(F)(F)F)c2)cc1. The van der Waals surface area contributed by atoms with Crippen molar-refractivity contribution < 1.29 is 26.3 Å². The van der Waals surface area contributed by atoms with Crippen molar-refractivity contribution in [3.63, 3.8) is 0 Å². The van der Waals surface area contributed by atoms with Gasteiger partial charge in [-0.15, -0.1) is 0 Å². The number of halogens is 6. The van der Waals surface area contributed by atoms with Crippen LogP contribution in [0.15, 0.2) is 206 Å². The van der Waals surface area contributed by atoms with Crippen molar-refractivity contribution in [3.8, 4) is 67.0 Å². The third-order valence-corrected chi connectivity index (χ3v) is 14.5. The van der Waals surface area contributed by atoms with Crippen molar-refractivity contribution in [1.29, 1.82) is 0 Å². The van der Waals surface area contributed by atoms with E-state index >= 15 is 13.2 Å². The molecular formula is C66H46F6N2. The van der Waals surface area contributed by atoms with Crippen LogP contribution in [0.5, 0.6) is 0 Å². The summed E-state index contributed by atoms with van der Waals surface area (Å²) in [6.45, 7) is 8.05. The molecule has 2 aromatic heterocycles. The predicted octanol–water partition coefficient (Wildman–Crippen LogP) is 19.5. The molecule has 10 aromatic carbocycles. The predicted molar refractivity (Wildman–Crippen MR) is 291 cm³/mol. The highest BCUT2D eigenvalue weighted by Gasteiger charge is 2.37. The normalized spacial score (nSPS) is 12.2. The molecule has 0 fully saturated rings. The van der Waals surface area contributed by atoms with E-state index in [1.807, 2.05) is 185 Å². The van der Waals surface area contributed by atoms with Crippen LogP contribution in [0.25, 0.3) is 111 Å². The molecule has 12 rings (SSSR count). The smallest absolute Gasteiger partial charge is 0.309 e. The quantitative estimate of drug-likeness (QED) is 0.141. The van der Waals surface area contributed by atoms with Gasteiger partial charge < -0.3 is 9.13 Å². The van der Waals surface area contributed by atoms with Crippen molar-refractivity contribution in [2.75, 3.05) is 0 Å². The Kier molecular flexibility index (Phi) is 11.0. The molecule has 0 saturated carbocycles. The van der Waals surface area contributed by atoms with E-state index in [4.69, 9.17) is 0 Å². The molecule has 0 N–H and O–H groups in total. The Morgan fingerprint density at radius 1 is 0.284 bits per heavy atom. The van der Waals surface area contributed by atoms with Crippen LogP contribution < -0.4 is 0 Å². The van der Waals surface area contributed by atoms with Crippen molar-refractivity contribution in [2.45, 2.75) is 40.0 Å². The Bertz CT molecular complexity index is 3950. The van der Waals surface area contributed by atoms with Crippen LogP contribution in [0.1, 0.15) is 33.4 Å². The molecule has 0 amide bonds. The lowest BCUT2D eigenvalue weighted by atomic mass is 9.97. The summed E-state index contributed by atoms with van der Waals surface area (Å²) in [6, 6.07) is 63.2. The van der Waals surface area contributed by atoms with Crippen molar-refractivity contribution in [2.24, 2.45) is 0 Å². The van der Waals surface area contributed by atoms with Gasteiger partial charge in [0.05, 0.1) is 44.6 Å². The molecule has 12 aromatic rings. The summed E-state index contributed by atoms with van der Waals surface area (Å²) < 4.78 is 97.0. The first-order valence-electron chi connectivity index (χ1n) is 24.4. The van der Waals surface area contributed by atoms with Gasteiger partial charge in [0.15, 0.2) is 0 Å². The van der Waals surface area contributed by atoms with Gasteiger partial charge in [0, 0.05) is 27.1 Å². The number of benzene rings is 10. The average Bonchev–Trinajstić information content (AvgIpc) is 3.90. The fourth-order valence-corrected chi connectivity index (χ4v) is 10.5. The Morgan fingerprint density at radius 2 is 0.608 bits per heavy atom. The van der Waals surface area contributed by atoms with E-state index in [9.17, 15) is 13.2 Å². The van der Waals surface area contributed by atoms with E-state index in [2.05, 4.69) is 12.1 Å². The largest absolute Gasteiger partial charge is 0.418 e. The minimum absolute atomic E-state index is 0.0793. The summed E-state index contributed by atoms with van der Waals surface area (Å²) in [4.78, 5) is 0. The van der Waals surface area contributed by atoms with Crippen LogP contribution in [-0.2, 0) is 12.4 Å². The Hall–Kier alpha value is -8.62. The molecule has 8 heteroatoms. The van der Waals surface area contributed by atoms with Crippen molar-refractivity contribution >= 4 is 43.6 Å². The van der Waals surface area contributed by atoms with Crippen molar-refractivity contribution in [3.05, 3.63) is 240 Å². The maximum absolute atomic E-state index is 16.4. The zero-order valence-electron chi connectivity index (χ0n) is 40.8. The van der Waals surface area contributed by atoms with E-state index in [1.165, 1.54) is 18.2 Å². The molecule has 74 heavy (non-hydrogen) atoms. The first kappa shape index (κ1) is 46.5. The third-order valence-electron chi connectivity index (χ3n) is 14.5. The molecule has 362 valence electrons. The van der Waals surface area contributed by atoms with Gasteiger partial charge in [-0.05, 0) is 151 Å². The van der Waals surface area contributed by atoms with Gasteiger partial charge >= 0.3 is 12.4 Å². The Balaban J connectivity index is 1.18. The van der Waals surface area contributed by atoms with Crippen molar-refractivity contribution in [1.82, 2.24) is 9.13 Å². The number of fused-ring (bicyclic) bond motifs is 6. The van der Waals surface area contributed by atoms with Crippen LogP contribution in [0.3, 0.4) is 0 Å². The number of alkyl halides is 6. The summed E-state index contributed by atoms with van der Waals surface area (Å²) >= 11 is 0. The standard InChI is InChI=1S/C66H46F6N2/c1-39-8-16-43(17-9-39)47-24-28-59-54(33-47)55-34-48(44-18-10-40(2)11-19-44)25-29-60(55)73(59)63-38-58(66(70,71)72)64(37-53(63)51-6-5-7-52(32-51)65(67,68)69)74-61-30-26-49(45-20-12-41(3)13-21-45)35-56(61)57-36-50(27-31-62(57)74)46-22-14-42(4)15-23-46/h5-38H,1-4H3. The summed E-state index contributed by atoms with van der Waals surface area (Å²) in [5.41, 5.74) is 12.3. The number of aryl methyl sites for hydroxylation is 4. The van der Waals surface area contributed by atoms with Gasteiger partial charge in [-0.25, -0.2) is 0 Å². The molecule has 0 saturated heterocycles. The molecule has 0 aliphatic heterocycles. The molecule has 0 bridgehead atoms. The minimum atomic E-state index is -4.93. The van der Waals surface area contributed by atoms with Gasteiger partial charge in [-0.1, -0.05) is 156 Å². The van der Waals surface area contributed by atoms with Gasteiger partial charge in [0.25, 0.3) is 0 Å². The molecule has 0 atom stereocenters.